The van der Waals surface area contributed by atoms with Gasteiger partial charge in [-0.05, 0) is 55.4 Å². The Morgan fingerprint density at radius 3 is 2.72 bits per heavy atom. The van der Waals surface area contributed by atoms with Crippen LogP contribution < -0.4 is 5.32 Å². The number of rotatable bonds is 5. The second-order valence-electron chi connectivity index (χ2n) is 6.49. The van der Waals surface area contributed by atoms with Gasteiger partial charge in [-0.25, -0.2) is 0 Å². The number of hydrogen-bond donors (Lipinski definition) is 1. The number of para-hydroxylation sites is 1. The molecule has 1 N–H and O–H groups in total. The Labute approximate surface area is 152 Å². The molecule has 0 spiro atoms. The van der Waals surface area contributed by atoms with Crippen molar-refractivity contribution in [2.24, 2.45) is 0 Å². The topological polar surface area (TPSA) is 49.4 Å². The second-order valence-corrected chi connectivity index (χ2v) is 7.62. The standard InChI is InChI=1S/C20H24N2O2S/c1-3-14-8-4-6-10-16(14)21-19(23)13-22(2)20(24)18-12-15-9-5-7-11-17(15)25-18/h4,6,8,10,12H,3,5,7,9,11,13H2,1-2H3,(H,21,23). The molecule has 2 amide bonds. The predicted octanol–water partition coefficient (Wildman–Crippen LogP) is 3.90. The van der Waals surface area contributed by atoms with Crippen molar-refractivity contribution in [3.8, 4) is 0 Å². The summed E-state index contributed by atoms with van der Waals surface area (Å²) >= 11 is 1.59. The predicted molar refractivity (Wildman–Crippen MR) is 102 cm³/mol. The number of thiophene rings is 1. The van der Waals surface area contributed by atoms with E-state index in [4.69, 9.17) is 0 Å². The van der Waals surface area contributed by atoms with E-state index < -0.39 is 0 Å². The summed E-state index contributed by atoms with van der Waals surface area (Å²) in [5.41, 5.74) is 3.23. The fourth-order valence-electron chi connectivity index (χ4n) is 3.21. The van der Waals surface area contributed by atoms with Gasteiger partial charge in [0.05, 0.1) is 11.4 Å². The normalized spacial score (nSPS) is 13.2. The second kappa shape index (κ2) is 7.83. The van der Waals surface area contributed by atoms with Crippen molar-refractivity contribution in [2.75, 3.05) is 18.9 Å². The van der Waals surface area contributed by atoms with Gasteiger partial charge >= 0.3 is 0 Å². The Kier molecular flexibility index (Phi) is 5.53. The summed E-state index contributed by atoms with van der Waals surface area (Å²) in [7, 11) is 1.69. The molecule has 1 heterocycles. The first-order valence-corrected chi connectivity index (χ1v) is 9.65. The third-order valence-electron chi connectivity index (χ3n) is 4.61. The van der Waals surface area contributed by atoms with Gasteiger partial charge in [0.15, 0.2) is 0 Å². The number of aryl methyl sites for hydroxylation is 3. The van der Waals surface area contributed by atoms with Crippen molar-refractivity contribution >= 4 is 28.8 Å². The summed E-state index contributed by atoms with van der Waals surface area (Å²) in [5, 5.41) is 2.92. The van der Waals surface area contributed by atoms with Crippen molar-refractivity contribution in [3.05, 3.63) is 51.2 Å². The molecule has 2 aromatic rings. The van der Waals surface area contributed by atoms with E-state index in [9.17, 15) is 9.59 Å². The fourth-order valence-corrected chi connectivity index (χ4v) is 4.46. The summed E-state index contributed by atoms with van der Waals surface area (Å²) < 4.78 is 0. The van der Waals surface area contributed by atoms with Gasteiger partial charge in [0.2, 0.25) is 5.91 Å². The highest BCUT2D eigenvalue weighted by atomic mass is 32.1. The minimum atomic E-state index is -0.168. The maximum atomic E-state index is 12.6. The number of amides is 2. The fraction of sp³-hybridized carbons (Fsp3) is 0.400. The smallest absolute Gasteiger partial charge is 0.264 e. The minimum Gasteiger partial charge on any atom is -0.332 e. The van der Waals surface area contributed by atoms with E-state index in [-0.39, 0.29) is 18.4 Å². The average molecular weight is 356 g/mol. The molecule has 0 unspecified atom stereocenters. The summed E-state index contributed by atoms with van der Waals surface area (Å²) in [6, 6.07) is 9.78. The number of hydrogen-bond acceptors (Lipinski definition) is 3. The SMILES string of the molecule is CCc1ccccc1NC(=O)CN(C)C(=O)c1cc2c(s1)CCCC2. The lowest BCUT2D eigenvalue weighted by molar-refractivity contribution is -0.116. The van der Waals surface area contributed by atoms with Gasteiger partial charge in [-0.15, -0.1) is 11.3 Å². The van der Waals surface area contributed by atoms with Crippen LogP contribution in [0, 0.1) is 0 Å². The zero-order chi connectivity index (χ0) is 17.8. The lowest BCUT2D eigenvalue weighted by Crippen LogP contribution is -2.34. The molecule has 1 aliphatic rings. The van der Waals surface area contributed by atoms with Gasteiger partial charge in [0.1, 0.15) is 0 Å². The molecule has 4 nitrogen and oxygen atoms in total. The molecule has 0 radical (unpaired) electrons. The number of carbonyl (C=O) groups is 2. The Morgan fingerprint density at radius 2 is 1.96 bits per heavy atom. The van der Waals surface area contributed by atoms with Gasteiger partial charge in [-0.2, -0.15) is 0 Å². The molecule has 1 aromatic carbocycles. The Morgan fingerprint density at radius 1 is 1.20 bits per heavy atom. The average Bonchev–Trinajstić information content (AvgIpc) is 3.05. The molecule has 1 aliphatic carbocycles. The van der Waals surface area contributed by atoms with Crippen LogP contribution in [0.3, 0.4) is 0 Å². The Balaban J connectivity index is 1.63. The summed E-state index contributed by atoms with van der Waals surface area (Å²) in [5.74, 6) is -0.239. The first kappa shape index (κ1) is 17.7. The van der Waals surface area contributed by atoms with Gasteiger partial charge < -0.3 is 10.2 Å². The highest BCUT2D eigenvalue weighted by Gasteiger charge is 2.21. The number of nitrogens with one attached hydrogen (secondary N) is 1. The third kappa shape index (κ3) is 4.10. The van der Waals surface area contributed by atoms with E-state index in [1.54, 1.807) is 18.4 Å². The third-order valence-corrected chi connectivity index (χ3v) is 5.83. The Hall–Kier alpha value is -2.14. The molecule has 0 saturated carbocycles. The summed E-state index contributed by atoms with van der Waals surface area (Å²) in [4.78, 5) is 28.5. The van der Waals surface area contributed by atoms with Crippen LogP contribution in [0.15, 0.2) is 30.3 Å². The first-order valence-electron chi connectivity index (χ1n) is 8.83. The first-order chi connectivity index (χ1) is 12.1. The number of fused-ring (bicyclic) bond motifs is 1. The monoisotopic (exact) mass is 356 g/mol. The number of benzene rings is 1. The van der Waals surface area contributed by atoms with E-state index in [0.717, 1.165) is 35.4 Å². The quantitative estimate of drug-likeness (QED) is 0.883. The lowest BCUT2D eigenvalue weighted by Gasteiger charge is -2.17. The van der Waals surface area contributed by atoms with E-state index >= 15 is 0 Å². The van der Waals surface area contributed by atoms with E-state index in [1.165, 1.54) is 28.2 Å². The molecule has 25 heavy (non-hydrogen) atoms. The van der Waals surface area contributed by atoms with Crippen LogP contribution in [-0.4, -0.2) is 30.3 Å². The minimum absolute atomic E-state index is 0.0550. The maximum absolute atomic E-state index is 12.6. The lowest BCUT2D eigenvalue weighted by atomic mass is 9.99. The molecule has 132 valence electrons. The van der Waals surface area contributed by atoms with E-state index in [1.807, 2.05) is 30.3 Å². The molecular formula is C20H24N2O2S. The van der Waals surface area contributed by atoms with Gasteiger partial charge in [-0.1, -0.05) is 25.1 Å². The molecule has 0 aliphatic heterocycles. The maximum Gasteiger partial charge on any atom is 0.264 e. The molecular weight excluding hydrogens is 332 g/mol. The van der Waals surface area contributed by atoms with Gasteiger partial charge in [-0.3, -0.25) is 9.59 Å². The van der Waals surface area contributed by atoms with Crippen LogP contribution in [0.1, 0.15) is 45.4 Å². The molecule has 0 bridgehead atoms. The highest BCUT2D eigenvalue weighted by molar-refractivity contribution is 7.14. The molecule has 0 atom stereocenters. The molecule has 3 rings (SSSR count). The van der Waals surface area contributed by atoms with Crippen LogP contribution in [0.4, 0.5) is 5.69 Å². The van der Waals surface area contributed by atoms with E-state index in [2.05, 4.69) is 12.2 Å². The van der Waals surface area contributed by atoms with Crippen LogP contribution in [0.5, 0.6) is 0 Å². The van der Waals surface area contributed by atoms with Crippen LogP contribution in [-0.2, 0) is 24.1 Å². The van der Waals surface area contributed by atoms with Crippen LogP contribution in [0.2, 0.25) is 0 Å². The van der Waals surface area contributed by atoms with Gasteiger partial charge in [0, 0.05) is 17.6 Å². The number of nitrogens with zero attached hydrogens (tertiary/aromatic N) is 1. The number of anilines is 1. The molecule has 0 fully saturated rings. The van der Waals surface area contributed by atoms with Crippen molar-refractivity contribution < 1.29 is 9.59 Å². The van der Waals surface area contributed by atoms with Crippen molar-refractivity contribution in [1.29, 1.82) is 0 Å². The van der Waals surface area contributed by atoms with Crippen LogP contribution in [0.25, 0.3) is 0 Å². The summed E-state index contributed by atoms with van der Waals surface area (Å²) in [6.45, 7) is 2.11. The molecule has 1 aromatic heterocycles. The zero-order valence-electron chi connectivity index (χ0n) is 14.8. The van der Waals surface area contributed by atoms with Crippen LogP contribution >= 0.6 is 11.3 Å². The van der Waals surface area contributed by atoms with Crippen molar-refractivity contribution in [1.82, 2.24) is 4.90 Å². The van der Waals surface area contributed by atoms with Gasteiger partial charge in [0.25, 0.3) is 5.91 Å². The molecule has 0 saturated heterocycles. The summed E-state index contributed by atoms with van der Waals surface area (Å²) in [6.07, 6.45) is 5.40. The van der Waals surface area contributed by atoms with Crippen molar-refractivity contribution in [2.45, 2.75) is 39.0 Å². The number of carbonyl (C=O) groups excluding carboxylic acids is 2. The highest BCUT2D eigenvalue weighted by Crippen LogP contribution is 2.30. The Bertz CT molecular complexity index is 758. The largest absolute Gasteiger partial charge is 0.332 e. The zero-order valence-corrected chi connectivity index (χ0v) is 15.6. The van der Waals surface area contributed by atoms with Crippen molar-refractivity contribution in [3.63, 3.8) is 0 Å². The number of likely N-dealkylation sites (N-methyl/N-ethyl adjacent to an activating group) is 1. The molecule has 5 heteroatoms. The van der Waals surface area contributed by atoms with E-state index in [0.29, 0.717) is 0 Å².